The summed E-state index contributed by atoms with van der Waals surface area (Å²) >= 11 is 0. The van der Waals surface area contributed by atoms with Gasteiger partial charge in [0.15, 0.2) is 0 Å². The van der Waals surface area contributed by atoms with Gasteiger partial charge in [0.2, 0.25) is 5.91 Å². The maximum atomic E-state index is 12.2. The molecule has 7 heteroatoms. The Balaban J connectivity index is 1.62. The lowest BCUT2D eigenvalue weighted by molar-refractivity contribution is -0.125. The molecule has 0 aliphatic heterocycles. The minimum Gasteiger partial charge on any atom is -0.349 e. The third kappa shape index (κ3) is 3.39. The molecule has 1 aromatic carbocycles. The van der Waals surface area contributed by atoms with Crippen LogP contribution in [-0.4, -0.2) is 30.6 Å². The minimum atomic E-state index is -0.189. The number of nitrogens with one attached hydrogen (secondary N) is 2. The van der Waals surface area contributed by atoms with Gasteiger partial charge >= 0.3 is 0 Å². The van der Waals surface area contributed by atoms with Crippen molar-refractivity contribution in [1.29, 1.82) is 0 Å². The van der Waals surface area contributed by atoms with Crippen LogP contribution in [0.2, 0.25) is 0 Å². The normalized spacial score (nSPS) is 12.5. The largest absolute Gasteiger partial charge is 0.349 e. The second-order valence-corrected chi connectivity index (χ2v) is 5.87. The number of aryl methyl sites for hydroxylation is 2. The molecule has 0 aliphatic rings. The molecule has 3 rings (SSSR count). The van der Waals surface area contributed by atoms with Gasteiger partial charge in [-0.2, -0.15) is 5.10 Å². The van der Waals surface area contributed by atoms with Crippen LogP contribution in [0.4, 0.5) is 0 Å². The standard InChI is InChI=1S/C16H20N6O/c1-10-4-13-14(5-11(10)2)21-15(20-13)6-18-16(23)12(3)7-22-9-17-8-19-22/h4-5,8-9,12H,6-7H2,1-3H3,(H,18,23)(H,20,21)/t12-/m1/s1. The Bertz CT molecular complexity index is 782. The summed E-state index contributed by atoms with van der Waals surface area (Å²) in [7, 11) is 0. The molecule has 0 bridgehead atoms. The van der Waals surface area contributed by atoms with E-state index in [9.17, 15) is 4.79 Å². The molecule has 0 spiro atoms. The summed E-state index contributed by atoms with van der Waals surface area (Å²) in [6, 6.07) is 4.14. The lowest BCUT2D eigenvalue weighted by atomic mass is 10.1. The van der Waals surface area contributed by atoms with Gasteiger partial charge in [-0.1, -0.05) is 6.92 Å². The third-order valence-corrected chi connectivity index (χ3v) is 3.95. The van der Waals surface area contributed by atoms with Crippen molar-refractivity contribution in [3.8, 4) is 0 Å². The fourth-order valence-electron chi connectivity index (χ4n) is 2.44. The van der Waals surface area contributed by atoms with Gasteiger partial charge in [-0.05, 0) is 37.1 Å². The molecule has 23 heavy (non-hydrogen) atoms. The third-order valence-electron chi connectivity index (χ3n) is 3.95. The summed E-state index contributed by atoms with van der Waals surface area (Å²) in [5, 5.41) is 6.92. The predicted octanol–water partition coefficient (Wildman–Crippen LogP) is 1.72. The molecule has 0 aliphatic carbocycles. The van der Waals surface area contributed by atoms with Crippen LogP contribution < -0.4 is 5.32 Å². The number of imidazole rings is 1. The highest BCUT2D eigenvalue weighted by atomic mass is 16.1. The number of fused-ring (bicyclic) bond motifs is 1. The van der Waals surface area contributed by atoms with Crippen molar-refractivity contribution in [3.05, 3.63) is 41.7 Å². The van der Waals surface area contributed by atoms with Crippen molar-refractivity contribution in [1.82, 2.24) is 30.0 Å². The summed E-state index contributed by atoms with van der Waals surface area (Å²) in [5.41, 5.74) is 4.35. The lowest BCUT2D eigenvalue weighted by Gasteiger charge is -2.10. The van der Waals surface area contributed by atoms with Gasteiger partial charge in [0.25, 0.3) is 0 Å². The lowest BCUT2D eigenvalue weighted by Crippen LogP contribution is -2.31. The molecule has 2 heterocycles. The number of aromatic amines is 1. The fourth-order valence-corrected chi connectivity index (χ4v) is 2.44. The minimum absolute atomic E-state index is 0.0340. The van der Waals surface area contributed by atoms with E-state index in [1.807, 2.05) is 6.92 Å². The first kappa shape index (κ1) is 15.2. The van der Waals surface area contributed by atoms with Gasteiger partial charge in [-0.15, -0.1) is 0 Å². The van der Waals surface area contributed by atoms with E-state index < -0.39 is 0 Å². The van der Waals surface area contributed by atoms with E-state index in [0.717, 1.165) is 16.9 Å². The summed E-state index contributed by atoms with van der Waals surface area (Å²) < 4.78 is 1.65. The molecule has 0 fully saturated rings. The Labute approximate surface area is 134 Å². The SMILES string of the molecule is Cc1cc2nc(CNC(=O)[C@H](C)Cn3cncn3)[nH]c2cc1C. The zero-order chi connectivity index (χ0) is 16.4. The topological polar surface area (TPSA) is 88.5 Å². The number of carbonyl (C=O) groups is 1. The van der Waals surface area contributed by atoms with E-state index in [2.05, 4.69) is 51.3 Å². The fraction of sp³-hybridized carbons (Fsp3) is 0.375. The van der Waals surface area contributed by atoms with Crippen LogP contribution in [0, 0.1) is 19.8 Å². The van der Waals surface area contributed by atoms with Crippen LogP contribution in [0.1, 0.15) is 23.9 Å². The number of hydrogen-bond donors (Lipinski definition) is 2. The number of rotatable bonds is 5. The van der Waals surface area contributed by atoms with Crippen LogP contribution in [-0.2, 0) is 17.9 Å². The Morgan fingerprint density at radius 3 is 2.87 bits per heavy atom. The number of amides is 1. The molecular weight excluding hydrogens is 292 g/mol. The Morgan fingerprint density at radius 1 is 1.35 bits per heavy atom. The van der Waals surface area contributed by atoms with Crippen molar-refractivity contribution >= 4 is 16.9 Å². The highest BCUT2D eigenvalue weighted by molar-refractivity contribution is 5.79. The molecule has 1 amide bonds. The monoisotopic (exact) mass is 312 g/mol. The first-order valence-corrected chi connectivity index (χ1v) is 7.59. The average Bonchev–Trinajstić information content (AvgIpc) is 3.14. The highest BCUT2D eigenvalue weighted by Crippen LogP contribution is 2.17. The summed E-state index contributed by atoms with van der Waals surface area (Å²) in [6.07, 6.45) is 3.07. The molecule has 3 aromatic rings. The van der Waals surface area contributed by atoms with Crippen LogP contribution in [0.25, 0.3) is 11.0 Å². The molecule has 0 saturated heterocycles. The number of hydrogen-bond acceptors (Lipinski definition) is 4. The molecule has 0 saturated carbocycles. The first-order valence-electron chi connectivity index (χ1n) is 7.59. The van der Waals surface area contributed by atoms with Crippen molar-refractivity contribution < 1.29 is 4.79 Å². The molecule has 7 nitrogen and oxygen atoms in total. The zero-order valence-corrected chi connectivity index (χ0v) is 13.5. The molecular formula is C16H20N6O. The predicted molar refractivity (Wildman–Crippen MR) is 86.6 cm³/mol. The molecule has 1 atom stereocenters. The van der Waals surface area contributed by atoms with Crippen molar-refractivity contribution in [2.75, 3.05) is 0 Å². The van der Waals surface area contributed by atoms with Crippen LogP contribution in [0.5, 0.6) is 0 Å². The number of aromatic nitrogens is 5. The Kier molecular flexibility index (Phi) is 4.10. The van der Waals surface area contributed by atoms with Crippen LogP contribution >= 0.6 is 0 Å². The number of carbonyl (C=O) groups excluding carboxylic acids is 1. The van der Waals surface area contributed by atoms with E-state index in [0.29, 0.717) is 13.1 Å². The molecule has 0 unspecified atom stereocenters. The van der Waals surface area contributed by atoms with Gasteiger partial charge in [-0.25, -0.2) is 9.97 Å². The van der Waals surface area contributed by atoms with E-state index in [1.165, 1.54) is 17.5 Å². The van der Waals surface area contributed by atoms with Gasteiger partial charge in [0, 0.05) is 0 Å². The number of H-pyrrole nitrogens is 1. The number of nitrogens with zero attached hydrogens (tertiary/aromatic N) is 4. The van der Waals surface area contributed by atoms with Crippen LogP contribution in [0.3, 0.4) is 0 Å². The molecule has 0 radical (unpaired) electrons. The maximum Gasteiger partial charge on any atom is 0.225 e. The summed E-state index contributed by atoms with van der Waals surface area (Å²) in [4.78, 5) is 23.8. The van der Waals surface area contributed by atoms with Gasteiger partial charge in [0.1, 0.15) is 18.5 Å². The maximum absolute atomic E-state index is 12.2. The molecule has 2 N–H and O–H groups in total. The second-order valence-electron chi connectivity index (χ2n) is 5.87. The second kappa shape index (κ2) is 6.20. The summed E-state index contributed by atoms with van der Waals surface area (Å²) in [6.45, 7) is 6.89. The average molecular weight is 312 g/mol. The van der Waals surface area contributed by atoms with E-state index in [-0.39, 0.29) is 11.8 Å². The van der Waals surface area contributed by atoms with E-state index in [1.54, 1.807) is 11.0 Å². The van der Waals surface area contributed by atoms with E-state index >= 15 is 0 Å². The van der Waals surface area contributed by atoms with Gasteiger partial charge < -0.3 is 10.3 Å². The zero-order valence-electron chi connectivity index (χ0n) is 13.5. The van der Waals surface area contributed by atoms with Crippen molar-refractivity contribution in [2.45, 2.75) is 33.9 Å². The van der Waals surface area contributed by atoms with Crippen LogP contribution in [0.15, 0.2) is 24.8 Å². The molecule has 2 aromatic heterocycles. The van der Waals surface area contributed by atoms with E-state index in [4.69, 9.17) is 0 Å². The smallest absolute Gasteiger partial charge is 0.225 e. The highest BCUT2D eigenvalue weighted by Gasteiger charge is 2.14. The quantitative estimate of drug-likeness (QED) is 0.751. The Morgan fingerprint density at radius 2 is 2.13 bits per heavy atom. The number of benzene rings is 1. The van der Waals surface area contributed by atoms with Crippen molar-refractivity contribution in [3.63, 3.8) is 0 Å². The van der Waals surface area contributed by atoms with Gasteiger partial charge in [0.05, 0.1) is 30.0 Å². The summed E-state index contributed by atoms with van der Waals surface area (Å²) in [5.74, 6) is 0.533. The van der Waals surface area contributed by atoms with Gasteiger partial charge in [-0.3, -0.25) is 9.48 Å². The van der Waals surface area contributed by atoms with Crippen molar-refractivity contribution in [2.24, 2.45) is 5.92 Å². The Hall–Kier alpha value is -2.70. The molecule has 120 valence electrons. The first-order chi connectivity index (χ1) is 11.0.